The maximum Gasteiger partial charge on any atom is 0.261 e. The summed E-state index contributed by atoms with van der Waals surface area (Å²) in [7, 11) is 0. The Morgan fingerprint density at radius 3 is 2.92 bits per heavy atom. The first-order valence-electron chi connectivity index (χ1n) is 8.15. The number of amides is 2. The Bertz CT molecular complexity index is 741. The van der Waals surface area contributed by atoms with Crippen LogP contribution in [0.2, 0.25) is 0 Å². The van der Waals surface area contributed by atoms with Crippen molar-refractivity contribution in [3.8, 4) is 10.4 Å². The van der Waals surface area contributed by atoms with Crippen molar-refractivity contribution in [1.82, 2.24) is 10.2 Å². The smallest absolute Gasteiger partial charge is 0.261 e. The van der Waals surface area contributed by atoms with Crippen molar-refractivity contribution in [3.05, 3.63) is 41.3 Å². The number of likely N-dealkylation sites (tertiary alicyclic amines) is 1. The van der Waals surface area contributed by atoms with Crippen LogP contribution < -0.4 is 11.1 Å². The second kappa shape index (κ2) is 7.49. The minimum absolute atomic E-state index is 0.0668. The lowest BCUT2D eigenvalue weighted by molar-refractivity contribution is -0.127. The monoisotopic (exact) mass is 343 g/mol. The molecule has 2 aromatic rings. The molecule has 126 valence electrons. The number of rotatable bonds is 6. The van der Waals surface area contributed by atoms with E-state index in [1.165, 1.54) is 11.3 Å². The molecule has 1 aliphatic heterocycles. The molecule has 1 saturated heterocycles. The summed E-state index contributed by atoms with van der Waals surface area (Å²) in [6.07, 6.45) is 2.40. The Kier molecular flexibility index (Phi) is 5.15. The molecule has 1 aromatic carbocycles. The highest BCUT2D eigenvalue weighted by Gasteiger charge is 2.19. The van der Waals surface area contributed by atoms with E-state index in [0.29, 0.717) is 23.5 Å². The average Bonchev–Trinajstić information content (AvgIpc) is 3.21. The van der Waals surface area contributed by atoms with Gasteiger partial charge in [0.1, 0.15) is 0 Å². The molecule has 5 nitrogen and oxygen atoms in total. The first-order valence-corrected chi connectivity index (χ1v) is 8.97. The van der Waals surface area contributed by atoms with Gasteiger partial charge in [-0.15, -0.1) is 11.3 Å². The van der Waals surface area contributed by atoms with E-state index in [-0.39, 0.29) is 11.8 Å². The molecule has 6 heteroatoms. The summed E-state index contributed by atoms with van der Waals surface area (Å²) < 4.78 is 0. The van der Waals surface area contributed by atoms with Gasteiger partial charge in [-0.1, -0.05) is 12.1 Å². The molecule has 0 radical (unpaired) electrons. The van der Waals surface area contributed by atoms with Crippen LogP contribution in [0.1, 0.15) is 28.9 Å². The summed E-state index contributed by atoms with van der Waals surface area (Å²) in [5, 5.41) is 2.92. The molecule has 2 amide bonds. The number of hydrogen-bond donors (Lipinski definition) is 2. The van der Waals surface area contributed by atoms with Gasteiger partial charge in [0, 0.05) is 36.6 Å². The molecule has 0 bridgehead atoms. The van der Waals surface area contributed by atoms with Gasteiger partial charge in [-0.2, -0.15) is 0 Å². The second-order valence-corrected chi connectivity index (χ2v) is 6.97. The van der Waals surface area contributed by atoms with Crippen LogP contribution in [-0.4, -0.2) is 36.3 Å². The van der Waals surface area contributed by atoms with Gasteiger partial charge in [-0.3, -0.25) is 9.59 Å². The number of thiophene rings is 1. The Morgan fingerprint density at radius 1 is 1.29 bits per heavy atom. The van der Waals surface area contributed by atoms with Crippen molar-refractivity contribution < 1.29 is 9.59 Å². The topological polar surface area (TPSA) is 75.4 Å². The van der Waals surface area contributed by atoms with Crippen molar-refractivity contribution >= 4 is 28.8 Å². The van der Waals surface area contributed by atoms with Crippen molar-refractivity contribution in [1.29, 1.82) is 0 Å². The second-order valence-electron chi connectivity index (χ2n) is 5.88. The van der Waals surface area contributed by atoms with E-state index < -0.39 is 0 Å². The predicted molar refractivity (Wildman–Crippen MR) is 96.9 cm³/mol. The van der Waals surface area contributed by atoms with Crippen LogP contribution in [0.15, 0.2) is 36.4 Å². The quantitative estimate of drug-likeness (QED) is 0.625. The van der Waals surface area contributed by atoms with Gasteiger partial charge in [0.15, 0.2) is 0 Å². The molecule has 3 rings (SSSR count). The van der Waals surface area contributed by atoms with Crippen LogP contribution in [0.4, 0.5) is 5.69 Å². The lowest BCUT2D eigenvalue weighted by Gasteiger charge is -2.15. The van der Waals surface area contributed by atoms with Crippen molar-refractivity contribution in [3.63, 3.8) is 0 Å². The van der Waals surface area contributed by atoms with E-state index in [1.54, 1.807) is 0 Å². The molecule has 2 heterocycles. The maximum absolute atomic E-state index is 12.2. The van der Waals surface area contributed by atoms with Crippen LogP contribution >= 0.6 is 11.3 Å². The fourth-order valence-corrected chi connectivity index (χ4v) is 3.73. The molecule has 0 aliphatic carbocycles. The zero-order chi connectivity index (χ0) is 16.9. The van der Waals surface area contributed by atoms with Gasteiger partial charge in [0.25, 0.3) is 5.91 Å². The number of nitrogens with one attached hydrogen (secondary N) is 1. The van der Waals surface area contributed by atoms with Gasteiger partial charge in [-0.05, 0) is 42.7 Å². The van der Waals surface area contributed by atoms with Gasteiger partial charge < -0.3 is 16.0 Å². The summed E-state index contributed by atoms with van der Waals surface area (Å²) in [5.74, 6) is 0.161. The third kappa shape index (κ3) is 3.94. The number of nitrogens with two attached hydrogens (primary N) is 1. The Hall–Kier alpha value is -2.34. The van der Waals surface area contributed by atoms with Crippen LogP contribution in [0, 0.1) is 0 Å². The zero-order valence-corrected chi connectivity index (χ0v) is 14.3. The third-order valence-corrected chi connectivity index (χ3v) is 5.20. The van der Waals surface area contributed by atoms with E-state index in [0.717, 1.165) is 36.4 Å². The van der Waals surface area contributed by atoms with Gasteiger partial charge in [0.2, 0.25) is 5.91 Å². The minimum Gasteiger partial charge on any atom is -0.399 e. The number of hydrogen-bond acceptors (Lipinski definition) is 4. The number of carbonyl (C=O) groups excluding carboxylic acids is 2. The number of carbonyl (C=O) groups is 2. The van der Waals surface area contributed by atoms with E-state index in [1.807, 2.05) is 41.3 Å². The third-order valence-electron chi connectivity index (χ3n) is 4.06. The molecule has 0 spiro atoms. The Balaban J connectivity index is 1.50. The van der Waals surface area contributed by atoms with E-state index >= 15 is 0 Å². The minimum atomic E-state index is -0.0668. The molecule has 1 aliphatic rings. The fourth-order valence-electron chi connectivity index (χ4n) is 2.81. The molecule has 1 fully saturated rings. The Labute approximate surface area is 145 Å². The fraction of sp³-hybridized carbons (Fsp3) is 0.333. The van der Waals surface area contributed by atoms with Crippen LogP contribution in [0.25, 0.3) is 10.4 Å². The van der Waals surface area contributed by atoms with Crippen molar-refractivity contribution in [2.75, 3.05) is 25.4 Å². The lowest BCUT2D eigenvalue weighted by atomic mass is 10.2. The van der Waals surface area contributed by atoms with Crippen molar-refractivity contribution in [2.45, 2.75) is 19.3 Å². The summed E-state index contributed by atoms with van der Waals surface area (Å²) in [6.45, 7) is 2.15. The highest BCUT2D eigenvalue weighted by Crippen LogP contribution is 2.29. The zero-order valence-electron chi connectivity index (χ0n) is 13.5. The van der Waals surface area contributed by atoms with E-state index in [9.17, 15) is 9.59 Å². The van der Waals surface area contributed by atoms with Gasteiger partial charge in [-0.25, -0.2) is 0 Å². The maximum atomic E-state index is 12.2. The summed E-state index contributed by atoms with van der Waals surface area (Å²) in [6, 6.07) is 11.4. The van der Waals surface area contributed by atoms with E-state index in [2.05, 4.69) is 5.32 Å². The number of nitrogens with zero attached hydrogens (tertiary/aromatic N) is 1. The summed E-state index contributed by atoms with van der Waals surface area (Å²) in [4.78, 5) is 27.3. The molecule has 3 N–H and O–H groups in total. The SMILES string of the molecule is Nc1cccc(-c2ccc(C(=O)NCCCN3CCCC3=O)s2)c1. The number of anilines is 1. The van der Waals surface area contributed by atoms with Gasteiger partial charge >= 0.3 is 0 Å². The lowest BCUT2D eigenvalue weighted by Crippen LogP contribution is -2.30. The van der Waals surface area contributed by atoms with Gasteiger partial charge in [0.05, 0.1) is 4.88 Å². The predicted octanol–water partition coefficient (Wildman–Crippen LogP) is 2.74. The molecule has 0 saturated carbocycles. The van der Waals surface area contributed by atoms with Crippen LogP contribution in [-0.2, 0) is 4.79 Å². The standard InChI is InChI=1S/C18H21N3O2S/c19-14-5-1-4-13(12-14)15-7-8-16(24-15)18(23)20-9-3-11-21-10-2-6-17(21)22/h1,4-5,7-8,12H,2-3,6,9-11,19H2,(H,20,23). The first-order chi connectivity index (χ1) is 11.6. The summed E-state index contributed by atoms with van der Waals surface area (Å²) >= 11 is 1.45. The largest absolute Gasteiger partial charge is 0.399 e. The molecule has 0 atom stereocenters. The molecule has 1 aromatic heterocycles. The summed E-state index contributed by atoms with van der Waals surface area (Å²) in [5.41, 5.74) is 7.53. The molecular weight excluding hydrogens is 322 g/mol. The normalized spacial score (nSPS) is 14.2. The molecule has 24 heavy (non-hydrogen) atoms. The molecule has 0 unspecified atom stereocenters. The number of nitrogen functional groups attached to an aromatic ring is 1. The van der Waals surface area contributed by atoms with Crippen LogP contribution in [0.5, 0.6) is 0 Å². The average molecular weight is 343 g/mol. The number of benzene rings is 1. The highest BCUT2D eigenvalue weighted by atomic mass is 32.1. The Morgan fingerprint density at radius 2 is 2.17 bits per heavy atom. The van der Waals surface area contributed by atoms with Crippen LogP contribution in [0.3, 0.4) is 0 Å². The highest BCUT2D eigenvalue weighted by molar-refractivity contribution is 7.17. The van der Waals surface area contributed by atoms with Crippen molar-refractivity contribution in [2.24, 2.45) is 0 Å². The van der Waals surface area contributed by atoms with E-state index in [4.69, 9.17) is 5.73 Å². The molecular formula is C18H21N3O2S. The first kappa shape index (κ1) is 16.5.